The van der Waals surface area contributed by atoms with E-state index in [0.717, 1.165) is 35.6 Å². The summed E-state index contributed by atoms with van der Waals surface area (Å²) >= 11 is 7.40. The molecule has 0 radical (unpaired) electrons. The number of ether oxygens (including phenoxy) is 1. The molecule has 0 atom stereocenters. The summed E-state index contributed by atoms with van der Waals surface area (Å²) in [6, 6.07) is 2.00. The second kappa shape index (κ2) is 5.43. The van der Waals surface area contributed by atoms with Gasteiger partial charge in [-0.3, -0.25) is 0 Å². The highest BCUT2D eigenvalue weighted by Gasteiger charge is 2.06. The highest BCUT2D eigenvalue weighted by atomic mass is 35.5. The number of aromatic nitrogens is 2. The van der Waals surface area contributed by atoms with Gasteiger partial charge in [0.2, 0.25) is 5.28 Å². The Balaban J connectivity index is 2.12. The lowest BCUT2D eigenvalue weighted by Gasteiger charge is -2.06. The molecule has 0 aliphatic heterocycles. The molecule has 4 nitrogen and oxygen atoms in total. The third kappa shape index (κ3) is 2.61. The number of methoxy groups -OCH3 is 1. The third-order valence-corrected chi connectivity index (χ3v) is 3.09. The molecule has 2 rings (SSSR count). The molecule has 0 fully saturated rings. The summed E-state index contributed by atoms with van der Waals surface area (Å²) in [5.74, 6) is 0.798. The predicted molar refractivity (Wildman–Crippen MR) is 67.4 cm³/mol. The van der Waals surface area contributed by atoms with Crippen LogP contribution in [-0.4, -0.2) is 30.2 Å². The highest BCUT2D eigenvalue weighted by Crippen LogP contribution is 2.26. The van der Waals surface area contributed by atoms with E-state index >= 15 is 0 Å². The van der Waals surface area contributed by atoms with E-state index in [1.54, 1.807) is 18.4 Å². The average molecular weight is 258 g/mol. The van der Waals surface area contributed by atoms with Gasteiger partial charge in [0.15, 0.2) is 0 Å². The fourth-order valence-corrected chi connectivity index (χ4v) is 2.37. The van der Waals surface area contributed by atoms with Crippen molar-refractivity contribution >= 4 is 39.0 Å². The number of rotatable bonds is 5. The summed E-state index contributed by atoms with van der Waals surface area (Å²) in [5, 5.41) is 6.52. The standard InChI is InChI=1S/C10H12ClN3OS/c1-15-5-2-4-12-8-7-3-6-16-9(7)14-10(11)13-8/h3,6H,2,4-5H2,1H3,(H,12,13,14). The topological polar surface area (TPSA) is 47.0 Å². The highest BCUT2D eigenvalue weighted by molar-refractivity contribution is 7.16. The molecular weight excluding hydrogens is 246 g/mol. The Kier molecular flexibility index (Phi) is 3.93. The lowest BCUT2D eigenvalue weighted by atomic mass is 10.3. The van der Waals surface area contributed by atoms with Crippen LogP contribution in [0.3, 0.4) is 0 Å². The number of halogens is 1. The second-order valence-corrected chi connectivity index (χ2v) is 4.49. The summed E-state index contributed by atoms with van der Waals surface area (Å²) in [6.07, 6.45) is 0.934. The van der Waals surface area contributed by atoms with Crippen LogP contribution < -0.4 is 5.32 Å². The fraction of sp³-hybridized carbons (Fsp3) is 0.400. The van der Waals surface area contributed by atoms with Crippen LogP contribution >= 0.6 is 22.9 Å². The lowest BCUT2D eigenvalue weighted by Crippen LogP contribution is -2.06. The van der Waals surface area contributed by atoms with E-state index in [1.807, 2.05) is 11.4 Å². The zero-order valence-electron chi connectivity index (χ0n) is 8.86. The maximum Gasteiger partial charge on any atom is 0.225 e. The van der Waals surface area contributed by atoms with Gasteiger partial charge in [0.1, 0.15) is 10.6 Å². The number of fused-ring (bicyclic) bond motifs is 1. The number of nitrogens with zero attached hydrogens (tertiary/aromatic N) is 2. The molecule has 0 unspecified atom stereocenters. The second-order valence-electron chi connectivity index (χ2n) is 3.25. The first-order valence-electron chi connectivity index (χ1n) is 4.95. The monoisotopic (exact) mass is 257 g/mol. The predicted octanol–water partition coefficient (Wildman–Crippen LogP) is 2.79. The van der Waals surface area contributed by atoms with Gasteiger partial charge >= 0.3 is 0 Å². The van der Waals surface area contributed by atoms with Gasteiger partial charge < -0.3 is 10.1 Å². The Morgan fingerprint density at radius 3 is 3.19 bits per heavy atom. The molecule has 2 aromatic heterocycles. The van der Waals surface area contributed by atoms with E-state index in [1.165, 1.54) is 0 Å². The largest absolute Gasteiger partial charge is 0.385 e. The van der Waals surface area contributed by atoms with Crippen molar-refractivity contribution < 1.29 is 4.74 Å². The summed E-state index contributed by atoms with van der Waals surface area (Å²) in [5.41, 5.74) is 0. The molecule has 0 bridgehead atoms. The first-order chi connectivity index (χ1) is 7.81. The van der Waals surface area contributed by atoms with Gasteiger partial charge in [0, 0.05) is 20.3 Å². The van der Waals surface area contributed by atoms with Crippen molar-refractivity contribution in [2.24, 2.45) is 0 Å². The van der Waals surface area contributed by atoms with Gasteiger partial charge in [-0.15, -0.1) is 11.3 Å². The lowest BCUT2D eigenvalue weighted by molar-refractivity contribution is 0.198. The van der Waals surface area contributed by atoms with E-state index in [0.29, 0.717) is 0 Å². The number of hydrogen-bond donors (Lipinski definition) is 1. The molecule has 2 heterocycles. The van der Waals surface area contributed by atoms with Gasteiger partial charge in [-0.25, -0.2) is 9.97 Å². The van der Waals surface area contributed by atoms with Crippen LogP contribution in [0.2, 0.25) is 5.28 Å². The number of thiophene rings is 1. The Labute approximate surface area is 103 Å². The van der Waals surface area contributed by atoms with E-state index in [-0.39, 0.29) is 5.28 Å². The molecule has 2 aromatic rings. The van der Waals surface area contributed by atoms with Crippen LogP contribution in [0.5, 0.6) is 0 Å². The van der Waals surface area contributed by atoms with Gasteiger partial charge in [0.05, 0.1) is 5.39 Å². The van der Waals surface area contributed by atoms with Crippen molar-refractivity contribution in [1.82, 2.24) is 9.97 Å². The van der Waals surface area contributed by atoms with Crippen LogP contribution in [0.4, 0.5) is 5.82 Å². The van der Waals surface area contributed by atoms with E-state index in [4.69, 9.17) is 16.3 Å². The molecule has 0 spiro atoms. The Bertz CT molecular complexity index is 474. The van der Waals surface area contributed by atoms with Gasteiger partial charge in [0.25, 0.3) is 0 Å². The van der Waals surface area contributed by atoms with E-state index in [9.17, 15) is 0 Å². The molecule has 86 valence electrons. The maximum absolute atomic E-state index is 5.84. The van der Waals surface area contributed by atoms with Crippen molar-refractivity contribution in [3.05, 3.63) is 16.7 Å². The molecule has 6 heteroatoms. The van der Waals surface area contributed by atoms with Crippen molar-refractivity contribution in [1.29, 1.82) is 0 Å². The quantitative estimate of drug-likeness (QED) is 0.661. The Hall–Kier alpha value is -0.910. The van der Waals surface area contributed by atoms with E-state index in [2.05, 4.69) is 15.3 Å². The summed E-state index contributed by atoms with van der Waals surface area (Å²) in [4.78, 5) is 9.24. The Morgan fingerprint density at radius 1 is 1.50 bits per heavy atom. The molecule has 0 aliphatic carbocycles. The fourth-order valence-electron chi connectivity index (χ4n) is 1.39. The van der Waals surface area contributed by atoms with Crippen LogP contribution in [0.15, 0.2) is 11.4 Å². The van der Waals surface area contributed by atoms with Crippen molar-refractivity contribution in [3.8, 4) is 0 Å². The summed E-state index contributed by atoms with van der Waals surface area (Å²) in [7, 11) is 1.69. The maximum atomic E-state index is 5.84. The van der Waals surface area contributed by atoms with Crippen LogP contribution in [0, 0.1) is 0 Å². The normalized spacial score (nSPS) is 10.9. The summed E-state index contributed by atoms with van der Waals surface area (Å²) in [6.45, 7) is 1.55. The van der Waals surface area contributed by atoms with Gasteiger partial charge in [-0.1, -0.05) is 0 Å². The molecule has 0 amide bonds. The molecule has 1 N–H and O–H groups in total. The smallest absolute Gasteiger partial charge is 0.225 e. The van der Waals surface area contributed by atoms with Gasteiger partial charge in [-0.05, 0) is 29.5 Å². The minimum absolute atomic E-state index is 0.282. The first kappa shape index (κ1) is 11.6. The molecular formula is C10H12ClN3OS. The van der Waals surface area contributed by atoms with Crippen LogP contribution in [-0.2, 0) is 4.74 Å². The molecule has 0 saturated carbocycles. The Morgan fingerprint density at radius 2 is 2.38 bits per heavy atom. The van der Waals surface area contributed by atoms with Crippen molar-refractivity contribution in [2.75, 3.05) is 25.6 Å². The minimum Gasteiger partial charge on any atom is -0.385 e. The molecule has 0 aromatic carbocycles. The van der Waals surface area contributed by atoms with Gasteiger partial charge in [-0.2, -0.15) is 0 Å². The van der Waals surface area contributed by atoms with Crippen LogP contribution in [0.1, 0.15) is 6.42 Å². The van der Waals surface area contributed by atoms with E-state index < -0.39 is 0 Å². The van der Waals surface area contributed by atoms with Crippen LogP contribution in [0.25, 0.3) is 10.2 Å². The number of anilines is 1. The number of hydrogen-bond acceptors (Lipinski definition) is 5. The molecule has 0 aliphatic rings. The first-order valence-corrected chi connectivity index (χ1v) is 6.20. The SMILES string of the molecule is COCCCNc1nc(Cl)nc2sccc12. The zero-order chi connectivity index (χ0) is 11.4. The molecule has 16 heavy (non-hydrogen) atoms. The molecule has 0 saturated heterocycles. The van der Waals surface area contributed by atoms with Crippen molar-refractivity contribution in [3.63, 3.8) is 0 Å². The number of nitrogens with one attached hydrogen (secondary N) is 1. The third-order valence-electron chi connectivity index (χ3n) is 2.12. The zero-order valence-corrected chi connectivity index (χ0v) is 10.4. The minimum atomic E-state index is 0.282. The van der Waals surface area contributed by atoms with Crippen molar-refractivity contribution in [2.45, 2.75) is 6.42 Å². The summed E-state index contributed by atoms with van der Waals surface area (Å²) < 4.78 is 4.98. The average Bonchev–Trinajstić information content (AvgIpc) is 2.72.